The summed E-state index contributed by atoms with van der Waals surface area (Å²) in [5, 5.41) is 6.20. The van der Waals surface area contributed by atoms with Crippen LogP contribution < -0.4 is 10.6 Å². The molecule has 6 heteroatoms. The summed E-state index contributed by atoms with van der Waals surface area (Å²) in [5.74, 6) is 1.09. The summed E-state index contributed by atoms with van der Waals surface area (Å²) in [7, 11) is 1.80. The zero-order valence-electron chi connectivity index (χ0n) is 11.2. The molecule has 5 nitrogen and oxygen atoms in total. The first-order valence-electron chi connectivity index (χ1n) is 6.22. The average molecular weight is 271 g/mol. The molecule has 3 aromatic rings. The summed E-state index contributed by atoms with van der Waals surface area (Å²) in [6.07, 6.45) is 5.41. The van der Waals surface area contributed by atoms with Crippen molar-refractivity contribution in [1.29, 1.82) is 0 Å². The molecule has 3 rings (SSSR count). The lowest BCUT2D eigenvalue weighted by Crippen LogP contribution is -2.03. The normalized spacial score (nSPS) is 10.8. The van der Waals surface area contributed by atoms with Gasteiger partial charge in [-0.1, -0.05) is 0 Å². The molecule has 0 aliphatic rings. The molecule has 102 valence electrons. The molecule has 2 aromatic heterocycles. The van der Waals surface area contributed by atoms with Gasteiger partial charge >= 0.3 is 0 Å². The standard InChI is InChI=1S/C14H14FN5/c1-9-7-10(15)3-4-11(9)18-13-14-17-5-6-20(14)8-12(16-2)19-13/h3-8,16H,1-2H3,(H,18,19). The highest BCUT2D eigenvalue weighted by Crippen LogP contribution is 2.23. The van der Waals surface area contributed by atoms with E-state index in [1.54, 1.807) is 19.3 Å². The van der Waals surface area contributed by atoms with Gasteiger partial charge in [-0.25, -0.2) is 14.4 Å². The van der Waals surface area contributed by atoms with E-state index in [4.69, 9.17) is 0 Å². The van der Waals surface area contributed by atoms with Crippen molar-refractivity contribution in [3.05, 3.63) is 48.2 Å². The van der Waals surface area contributed by atoms with Crippen LogP contribution in [0.3, 0.4) is 0 Å². The van der Waals surface area contributed by atoms with Crippen LogP contribution in [0.5, 0.6) is 0 Å². The monoisotopic (exact) mass is 271 g/mol. The average Bonchev–Trinajstić information content (AvgIpc) is 2.90. The van der Waals surface area contributed by atoms with Crippen molar-refractivity contribution >= 4 is 23.0 Å². The Labute approximate surface area is 115 Å². The maximum atomic E-state index is 13.1. The molecular weight excluding hydrogens is 257 g/mol. The van der Waals surface area contributed by atoms with Gasteiger partial charge in [-0.2, -0.15) is 0 Å². The molecule has 0 bridgehead atoms. The molecule has 0 saturated heterocycles. The van der Waals surface area contributed by atoms with E-state index in [0.717, 1.165) is 17.1 Å². The Morgan fingerprint density at radius 2 is 2.15 bits per heavy atom. The fourth-order valence-electron chi connectivity index (χ4n) is 2.03. The minimum Gasteiger partial charge on any atom is -0.372 e. The topological polar surface area (TPSA) is 54.2 Å². The number of halogens is 1. The molecule has 0 fully saturated rings. The predicted octanol–water partition coefficient (Wildman–Crippen LogP) is 2.96. The van der Waals surface area contributed by atoms with E-state index < -0.39 is 0 Å². The summed E-state index contributed by atoms with van der Waals surface area (Å²) >= 11 is 0. The number of imidazole rings is 1. The van der Waals surface area contributed by atoms with Crippen LogP contribution in [-0.4, -0.2) is 21.4 Å². The summed E-state index contributed by atoms with van der Waals surface area (Å²) in [6, 6.07) is 4.59. The molecule has 1 aromatic carbocycles. The first-order chi connectivity index (χ1) is 9.67. The third kappa shape index (κ3) is 2.16. The van der Waals surface area contributed by atoms with Crippen LogP contribution in [0, 0.1) is 12.7 Å². The van der Waals surface area contributed by atoms with E-state index in [9.17, 15) is 4.39 Å². The van der Waals surface area contributed by atoms with Gasteiger partial charge in [0.1, 0.15) is 11.6 Å². The van der Waals surface area contributed by atoms with Crippen LogP contribution in [0.4, 0.5) is 21.7 Å². The minimum atomic E-state index is -0.254. The number of anilines is 3. The minimum absolute atomic E-state index is 0.254. The summed E-state index contributed by atoms with van der Waals surface area (Å²) in [4.78, 5) is 8.72. The molecule has 20 heavy (non-hydrogen) atoms. The Balaban J connectivity index is 2.07. The Morgan fingerprint density at radius 3 is 2.90 bits per heavy atom. The van der Waals surface area contributed by atoms with Crippen LogP contribution >= 0.6 is 0 Å². The van der Waals surface area contributed by atoms with Crippen LogP contribution in [-0.2, 0) is 0 Å². The molecule has 0 radical (unpaired) electrons. The highest BCUT2D eigenvalue weighted by atomic mass is 19.1. The van der Waals surface area contributed by atoms with Crippen molar-refractivity contribution in [2.24, 2.45) is 0 Å². The first-order valence-corrected chi connectivity index (χ1v) is 6.22. The summed E-state index contributed by atoms with van der Waals surface area (Å²) < 4.78 is 15.0. The fraction of sp³-hybridized carbons (Fsp3) is 0.143. The number of nitrogens with one attached hydrogen (secondary N) is 2. The smallest absolute Gasteiger partial charge is 0.180 e. The van der Waals surface area contributed by atoms with Gasteiger partial charge in [0.15, 0.2) is 11.5 Å². The van der Waals surface area contributed by atoms with E-state index in [1.807, 2.05) is 23.7 Å². The Kier molecular flexibility index (Phi) is 2.98. The van der Waals surface area contributed by atoms with Gasteiger partial charge in [0, 0.05) is 25.1 Å². The third-order valence-corrected chi connectivity index (χ3v) is 3.07. The van der Waals surface area contributed by atoms with Crippen molar-refractivity contribution in [3.63, 3.8) is 0 Å². The maximum absolute atomic E-state index is 13.1. The number of aryl methyl sites for hydroxylation is 1. The zero-order chi connectivity index (χ0) is 14.1. The number of hydrogen-bond donors (Lipinski definition) is 2. The molecule has 0 atom stereocenters. The molecule has 2 N–H and O–H groups in total. The highest BCUT2D eigenvalue weighted by Gasteiger charge is 2.09. The lowest BCUT2D eigenvalue weighted by atomic mass is 10.2. The third-order valence-electron chi connectivity index (χ3n) is 3.07. The van der Waals surface area contributed by atoms with Crippen LogP contribution in [0.2, 0.25) is 0 Å². The fourth-order valence-corrected chi connectivity index (χ4v) is 2.03. The lowest BCUT2D eigenvalue weighted by Gasteiger charge is -2.11. The van der Waals surface area contributed by atoms with Gasteiger partial charge in [-0.05, 0) is 30.7 Å². The molecule has 0 aliphatic carbocycles. The van der Waals surface area contributed by atoms with Gasteiger partial charge < -0.3 is 15.0 Å². The maximum Gasteiger partial charge on any atom is 0.180 e. The van der Waals surface area contributed by atoms with Crippen molar-refractivity contribution in [2.45, 2.75) is 6.92 Å². The largest absolute Gasteiger partial charge is 0.372 e. The second kappa shape index (κ2) is 4.80. The van der Waals surface area contributed by atoms with E-state index in [0.29, 0.717) is 11.5 Å². The van der Waals surface area contributed by atoms with Crippen molar-refractivity contribution < 1.29 is 4.39 Å². The van der Waals surface area contributed by atoms with Crippen molar-refractivity contribution in [2.75, 3.05) is 17.7 Å². The SMILES string of the molecule is CNc1cn2ccnc2c(Nc2ccc(F)cc2C)n1. The van der Waals surface area contributed by atoms with E-state index in [2.05, 4.69) is 20.6 Å². The highest BCUT2D eigenvalue weighted by molar-refractivity contribution is 5.72. The van der Waals surface area contributed by atoms with Crippen LogP contribution in [0.15, 0.2) is 36.8 Å². The first kappa shape index (κ1) is 12.4. The second-order valence-electron chi connectivity index (χ2n) is 4.47. The number of rotatable bonds is 3. The summed E-state index contributed by atoms with van der Waals surface area (Å²) in [6.45, 7) is 1.84. The van der Waals surface area contributed by atoms with Gasteiger partial charge in [0.25, 0.3) is 0 Å². The van der Waals surface area contributed by atoms with Gasteiger partial charge in [-0.3, -0.25) is 0 Å². The number of hydrogen-bond acceptors (Lipinski definition) is 4. The lowest BCUT2D eigenvalue weighted by molar-refractivity contribution is 0.627. The Morgan fingerprint density at radius 1 is 1.30 bits per heavy atom. The molecule has 0 amide bonds. The van der Waals surface area contributed by atoms with Crippen LogP contribution in [0.1, 0.15) is 5.56 Å². The van der Waals surface area contributed by atoms with Gasteiger partial charge in [0.2, 0.25) is 0 Å². The van der Waals surface area contributed by atoms with Gasteiger partial charge in [-0.15, -0.1) is 0 Å². The van der Waals surface area contributed by atoms with Gasteiger partial charge in [0.05, 0.1) is 6.20 Å². The molecule has 0 saturated carbocycles. The van der Waals surface area contributed by atoms with Crippen molar-refractivity contribution in [1.82, 2.24) is 14.4 Å². The molecular formula is C14H14FN5. The Bertz CT molecular complexity index is 765. The quantitative estimate of drug-likeness (QED) is 0.769. The molecule has 2 heterocycles. The summed E-state index contributed by atoms with van der Waals surface area (Å²) in [5.41, 5.74) is 2.33. The predicted molar refractivity (Wildman–Crippen MR) is 77.0 cm³/mol. The van der Waals surface area contributed by atoms with Crippen molar-refractivity contribution in [3.8, 4) is 0 Å². The number of aromatic nitrogens is 3. The Hall–Kier alpha value is -2.63. The number of fused-ring (bicyclic) bond motifs is 1. The molecule has 0 spiro atoms. The number of nitrogens with zero attached hydrogens (tertiary/aromatic N) is 3. The van der Waals surface area contributed by atoms with E-state index >= 15 is 0 Å². The molecule has 0 unspecified atom stereocenters. The van der Waals surface area contributed by atoms with Crippen LogP contribution in [0.25, 0.3) is 5.65 Å². The van der Waals surface area contributed by atoms with E-state index in [1.165, 1.54) is 12.1 Å². The zero-order valence-corrected chi connectivity index (χ0v) is 11.2. The second-order valence-corrected chi connectivity index (χ2v) is 4.47. The molecule has 0 aliphatic heterocycles. The van der Waals surface area contributed by atoms with E-state index in [-0.39, 0.29) is 5.82 Å². The number of benzene rings is 1.